The summed E-state index contributed by atoms with van der Waals surface area (Å²) in [7, 11) is 0. The van der Waals surface area contributed by atoms with E-state index in [0.717, 1.165) is 22.5 Å². The molecule has 0 radical (unpaired) electrons. The van der Waals surface area contributed by atoms with Gasteiger partial charge in [0.25, 0.3) is 0 Å². The van der Waals surface area contributed by atoms with Crippen molar-refractivity contribution in [1.82, 2.24) is 4.98 Å². The normalized spacial score (nSPS) is 11.3. The monoisotopic (exact) mass is 381 g/mol. The first kappa shape index (κ1) is 18.7. The number of aromatic nitrogens is 1. The molecule has 0 saturated carbocycles. The van der Waals surface area contributed by atoms with Crippen LogP contribution in [0.1, 0.15) is 23.6 Å². The van der Waals surface area contributed by atoms with E-state index in [-0.39, 0.29) is 0 Å². The van der Waals surface area contributed by atoms with Gasteiger partial charge in [0.05, 0.1) is 23.5 Å². The summed E-state index contributed by atoms with van der Waals surface area (Å²) in [5, 5.41) is 16.8. The summed E-state index contributed by atoms with van der Waals surface area (Å²) in [6.07, 6.45) is 1.70. The van der Waals surface area contributed by atoms with Crippen molar-refractivity contribution in [2.45, 2.75) is 13.8 Å². The maximum atomic E-state index is 9.55. The number of hydrogen-bond acceptors (Lipinski definition) is 5. The van der Waals surface area contributed by atoms with Crippen molar-refractivity contribution in [3.05, 3.63) is 82.5 Å². The minimum absolute atomic E-state index is 0.437. The van der Waals surface area contributed by atoms with Crippen LogP contribution in [0.25, 0.3) is 0 Å². The zero-order chi connectivity index (χ0) is 19.2. The number of oxime groups is 1. The lowest BCUT2D eigenvalue weighted by Crippen LogP contribution is -2.06. The molecular formula is C21H20ClN3O2. The maximum Gasteiger partial charge on any atom is 0.213 e. The molecular weight excluding hydrogens is 362 g/mol. The predicted molar refractivity (Wildman–Crippen MR) is 109 cm³/mol. The molecule has 0 spiro atoms. The molecule has 3 rings (SSSR count). The third-order valence-corrected chi connectivity index (χ3v) is 4.35. The van der Waals surface area contributed by atoms with Crippen LogP contribution in [-0.4, -0.2) is 22.5 Å². The van der Waals surface area contributed by atoms with E-state index in [2.05, 4.69) is 15.5 Å². The molecule has 1 heterocycles. The van der Waals surface area contributed by atoms with E-state index in [0.29, 0.717) is 28.8 Å². The molecule has 1 aromatic heterocycles. The Bertz CT molecular complexity index is 956. The smallest absolute Gasteiger partial charge is 0.213 e. The number of nitrogens with one attached hydrogen (secondary N) is 1. The lowest BCUT2D eigenvalue weighted by Gasteiger charge is -2.12. The first-order valence-corrected chi connectivity index (χ1v) is 8.94. The Hall–Kier alpha value is -3.05. The zero-order valence-electron chi connectivity index (χ0n) is 15.1. The molecule has 0 aliphatic carbocycles. The Morgan fingerprint density at radius 2 is 1.89 bits per heavy atom. The lowest BCUT2D eigenvalue weighted by molar-refractivity contribution is 0.319. The van der Waals surface area contributed by atoms with Gasteiger partial charge in [-0.2, -0.15) is 0 Å². The molecule has 2 aromatic carbocycles. The number of ether oxygens (including phenoxy) is 1. The van der Waals surface area contributed by atoms with Gasteiger partial charge >= 0.3 is 0 Å². The summed E-state index contributed by atoms with van der Waals surface area (Å²) in [5.41, 5.74) is 4.55. The van der Waals surface area contributed by atoms with Gasteiger partial charge in [-0.1, -0.05) is 41.0 Å². The van der Waals surface area contributed by atoms with E-state index in [1.807, 2.05) is 56.3 Å². The van der Waals surface area contributed by atoms with E-state index < -0.39 is 0 Å². The highest BCUT2D eigenvalue weighted by molar-refractivity contribution is 6.35. The van der Waals surface area contributed by atoms with Crippen LogP contribution in [0.4, 0.5) is 11.4 Å². The third-order valence-electron chi connectivity index (χ3n) is 4.04. The standard InChI is InChI=1S/C21H20ClN3O2/c1-3-27-20-11-9-16(13-23-20)24-15-8-10-18(19(22)12-15)21(25-26)17-7-5-4-6-14(17)2/h4-13,24,26H,3H2,1-2H3. The Labute approximate surface area is 163 Å². The molecule has 0 unspecified atom stereocenters. The van der Waals surface area contributed by atoms with Crippen molar-refractivity contribution < 1.29 is 9.94 Å². The van der Waals surface area contributed by atoms with Gasteiger partial charge in [-0.05, 0) is 43.7 Å². The van der Waals surface area contributed by atoms with Crippen LogP contribution in [0, 0.1) is 6.92 Å². The van der Waals surface area contributed by atoms with E-state index in [4.69, 9.17) is 16.3 Å². The minimum Gasteiger partial charge on any atom is -0.478 e. The summed E-state index contributed by atoms with van der Waals surface area (Å²) >= 11 is 6.47. The minimum atomic E-state index is 0.437. The number of aryl methyl sites for hydroxylation is 1. The Kier molecular flexibility index (Phi) is 5.94. The first-order valence-electron chi connectivity index (χ1n) is 8.56. The molecule has 138 valence electrons. The summed E-state index contributed by atoms with van der Waals surface area (Å²) in [6.45, 7) is 4.45. The predicted octanol–water partition coefficient (Wildman–Crippen LogP) is 5.41. The molecule has 0 aliphatic rings. The molecule has 6 heteroatoms. The Morgan fingerprint density at radius 3 is 2.52 bits per heavy atom. The average molecular weight is 382 g/mol. The van der Waals surface area contributed by atoms with Gasteiger partial charge in [0, 0.05) is 22.9 Å². The highest BCUT2D eigenvalue weighted by atomic mass is 35.5. The molecule has 0 aliphatic heterocycles. The van der Waals surface area contributed by atoms with Crippen molar-refractivity contribution in [3.8, 4) is 5.88 Å². The van der Waals surface area contributed by atoms with Gasteiger partial charge in [-0.3, -0.25) is 0 Å². The third kappa shape index (κ3) is 4.38. The number of halogens is 1. The fourth-order valence-corrected chi connectivity index (χ4v) is 3.00. The molecule has 3 aromatic rings. The highest BCUT2D eigenvalue weighted by Crippen LogP contribution is 2.27. The zero-order valence-corrected chi connectivity index (χ0v) is 15.9. The van der Waals surface area contributed by atoms with Gasteiger partial charge in [0.2, 0.25) is 5.88 Å². The van der Waals surface area contributed by atoms with Crippen LogP contribution in [0.3, 0.4) is 0 Å². The van der Waals surface area contributed by atoms with E-state index in [1.165, 1.54) is 0 Å². The maximum absolute atomic E-state index is 9.55. The second kappa shape index (κ2) is 8.56. The number of pyridine rings is 1. The van der Waals surface area contributed by atoms with Crippen molar-refractivity contribution >= 4 is 28.7 Å². The van der Waals surface area contributed by atoms with Crippen molar-refractivity contribution in [2.75, 3.05) is 11.9 Å². The second-order valence-corrected chi connectivity index (χ2v) is 6.31. The summed E-state index contributed by atoms with van der Waals surface area (Å²) in [6, 6.07) is 16.9. The van der Waals surface area contributed by atoms with Crippen LogP contribution < -0.4 is 10.1 Å². The van der Waals surface area contributed by atoms with E-state index >= 15 is 0 Å². The molecule has 0 atom stereocenters. The number of nitrogens with zero attached hydrogens (tertiary/aromatic N) is 2. The van der Waals surface area contributed by atoms with Gasteiger partial charge in [0.1, 0.15) is 5.71 Å². The van der Waals surface area contributed by atoms with Gasteiger partial charge in [0.15, 0.2) is 0 Å². The lowest BCUT2D eigenvalue weighted by atomic mass is 9.98. The molecule has 0 fully saturated rings. The Morgan fingerprint density at radius 1 is 1.11 bits per heavy atom. The topological polar surface area (TPSA) is 66.7 Å². The van der Waals surface area contributed by atoms with Crippen LogP contribution in [0.15, 0.2) is 65.9 Å². The average Bonchev–Trinajstić information content (AvgIpc) is 2.67. The highest BCUT2D eigenvalue weighted by Gasteiger charge is 2.14. The molecule has 0 bridgehead atoms. The van der Waals surface area contributed by atoms with Crippen LogP contribution in [-0.2, 0) is 0 Å². The fraction of sp³-hybridized carbons (Fsp3) is 0.143. The van der Waals surface area contributed by atoms with E-state index in [1.54, 1.807) is 18.3 Å². The molecule has 0 saturated heterocycles. The van der Waals surface area contributed by atoms with Gasteiger partial charge in [-0.25, -0.2) is 4.98 Å². The second-order valence-electron chi connectivity index (χ2n) is 5.90. The number of rotatable bonds is 6. The number of hydrogen-bond donors (Lipinski definition) is 2. The number of benzene rings is 2. The summed E-state index contributed by atoms with van der Waals surface area (Å²) < 4.78 is 5.34. The SMILES string of the molecule is CCOc1ccc(Nc2ccc(C(=NO)c3ccccc3C)c(Cl)c2)cn1. The van der Waals surface area contributed by atoms with Crippen molar-refractivity contribution in [1.29, 1.82) is 0 Å². The van der Waals surface area contributed by atoms with Crippen molar-refractivity contribution in [3.63, 3.8) is 0 Å². The molecule has 2 N–H and O–H groups in total. The fourth-order valence-electron chi connectivity index (χ4n) is 2.73. The Balaban J connectivity index is 1.84. The van der Waals surface area contributed by atoms with Gasteiger partial charge in [-0.15, -0.1) is 0 Å². The van der Waals surface area contributed by atoms with Crippen LogP contribution >= 0.6 is 11.6 Å². The van der Waals surface area contributed by atoms with Gasteiger partial charge < -0.3 is 15.3 Å². The molecule has 0 amide bonds. The molecule has 5 nitrogen and oxygen atoms in total. The largest absolute Gasteiger partial charge is 0.478 e. The van der Waals surface area contributed by atoms with Crippen LogP contribution in [0.5, 0.6) is 5.88 Å². The van der Waals surface area contributed by atoms with Crippen LogP contribution in [0.2, 0.25) is 5.02 Å². The summed E-state index contributed by atoms with van der Waals surface area (Å²) in [5.74, 6) is 0.582. The molecule has 27 heavy (non-hydrogen) atoms. The number of anilines is 2. The van der Waals surface area contributed by atoms with Crippen molar-refractivity contribution in [2.24, 2.45) is 5.16 Å². The van der Waals surface area contributed by atoms with E-state index in [9.17, 15) is 5.21 Å². The first-order chi connectivity index (χ1) is 13.1. The quantitative estimate of drug-likeness (QED) is 0.340. The summed E-state index contributed by atoms with van der Waals surface area (Å²) in [4.78, 5) is 4.23.